The Hall–Kier alpha value is -1.88. The molecule has 2 amide bonds. The van der Waals surface area contributed by atoms with Gasteiger partial charge in [-0.15, -0.1) is 0 Å². The lowest BCUT2D eigenvalue weighted by Crippen LogP contribution is -2.53. The summed E-state index contributed by atoms with van der Waals surface area (Å²) < 4.78 is 0. The Labute approximate surface area is 123 Å². The number of benzene rings is 1. The number of rotatable bonds is 2. The maximum absolute atomic E-state index is 12.0. The van der Waals surface area contributed by atoms with E-state index in [1.807, 2.05) is 12.1 Å². The van der Waals surface area contributed by atoms with E-state index in [9.17, 15) is 9.59 Å². The summed E-state index contributed by atoms with van der Waals surface area (Å²) in [4.78, 5) is 27.6. The van der Waals surface area contributed by atoms with E-state index in [0.717, 1.165) is 18.2 Å². The van der Waals surface area contributed by atoms with E-state index in [1.165, 1.54) is 37.9 Å². The number of imide groups is 1. The molecule has 5 heteroatoms. The number of nitrogens with zero attached hydrogens (tertiary/aromatic N) is 2. The Bertz CT molecular complexity index is 620. The number of nitrogens with one attached hydrogen (secondary N) is 1. The molecule has 3 fully saturated rings. The van der Waals surface area contributed by atoms with E-state index in [2.05, 4.69) is 10.2 Å². The molecular formula is C16H19N3O2. The average Bonchev–Trinajstić information content (AvgIpc) is 2.73. The molecule has 1 atom stereocenters. The molecule has 0 spiro atoms. The number of hydrogen-bond donors (Lipinski definition) is 1. The number of amides is 2. The summed E-state index contributed by atoms with van der Waals surface area (Å²) in [5, 5.41) is 3.57. The molecule has 21 heavy (non-hydrogen) atoms. The molecule has 0 saturated carbocycles. The molecule has 4 heterocycles. The van der Waals surface area contributed by atoms with Crippen LogP contribution in [0.5, 0.6) is 0 Å². The summed E-state index contributed by atoms with van der Waals surface area (Å²) in [6, 6.07) is 5.97. The van der Waals surface area contributed by atoms with Gasteiger partial charge in [-0.05, 0) is 50.0 Å². The summed E-state index contributed by atoms with van der Waals surface area (Å²) in [5.41, 5.74) is 1.99. The molecule has 3 saturated heterocycles. The predicted octanol–water partition coefficient (Wildman–Crippen LogP) is 1.42. The summed E-state index contributed by atoms with van der Waals surface area (Å²) in [6.45, 7) is 3.50. The van der Waals surface area contributed by atoms with Crippen molar-refractivity contribution in [3.8, 4) is 0 Å². The highest BCUT2D eigenvalue weighted by atomic mass is 16.2. The van der Waals surface area contributed by atoms with Crippen LogP contribution in [0, 0.1) is 5.92 Å². The zero-order valence-corrected chi connectivity index (χ0v) is 12.1. The van der Waals surface area contributed by atoms with E-state index in [1.54, 1.807) is 6.07 Å². The molecule has 0 aromatic heterocycles. The van der Waals surface area contributed by atoms with Crippen LogP contribution in [0.15, 0.2) is 18.2 Å². The first-order valence-electron chi connectivity index (χ1n) is 7.59. The molecule has 2 bridgehead atoms. The van der Waals surface area contributed by atoms with Gasteiger partial charge in [-0.25, -0.2) is 0 Å². The molecule has 4 aliphatic heterocycles. The van der Waals surface area contributed by atoms with Crippen molar-refractivity contribution >= 4 is 17.5 Å². The number of carbonyl (C=O) groups is 2. The number of anilines is 1. The molecule has 1 N–H and O–H groups in total. The third-order valence-corrected chi connectivity index (χ3v) is 5.10. The van der Waals surface area contributed by atoms with Gasteiger partial charge >= 0.3 is 0 Å². The summed E-state index contributed by atoms with van der Waals surface area (Å²) in [7, 11) is 1.53. The first-order chi connectivity index (χ1) is 10.1. The second-order valence-corrected chi connectivity index (χ2v) is 6.32. The lowest BCUT2D eigenvalue weighted by molar-refractivity contribution is 0.0693. The van der Waals surface area contributed by atoms with E-state index >= 15 is 0 Å². The van der Waals surface area contributed by atoms with Gasteiger partial charge in [0.05, 0.1) is 11.1 Å². The standard InChI is InChI=1S/C16H19N3O2/c1-18-15(20)12-3-2-11(8-13(12)16(18)21)17-14-9-19-6-4-10(14)5-7-19/h2-3,8,10,14,17H,4-7,9H2,1H3. The second-order valence-electron chi connectivity index (χ2n) is 6.32. The van der Waals surface area contributed by atoms with Gasteiger partial charge in [0.1, 0.15) is 0 Å². The molecule has 1 aromatic carbocycles. The van der Waals surface area contributed by atoms with Crippen LogP contribution < -0.4 is 5.32 Å². The topological polar surface area (TPSA) is 52.7 Å². The average molecular weight is 285 g/mol. The Morgan fingerprint density at radius 2 is 1.81 bits per heavy atom. The van der Waals surface area contributed by atoms with Gasteiger partial charge in [-0.2, -0.15) is 0 Å². The highest BCUT2D eigenvalue weighted by molar-refractivity contribution is 6.21. The predicted molar refractivity (Wildman–Crippen MR) is 79.4 cm³/mol. The van der Waals surface area contributed by atoms with Gasteiger partial charge in [0, 0.05) is 25.3 Å². The molecule has 1 aromatic rings. The summed E-state index contributed by atoms with van der Waals surface area (Å²) >= 11 is 0. The fourth-order valence-electron chi connectivity index (χ4n) is 3.79. The normalized spacial score (nSPS) is 30.7. The van der Waals surface area contributed by atoms with Crippen LogP contribution in [0.3, 0.4) is 0 Å². The van der Waals surface area contributed by atoms with Crippen molar-refractivity contribution in [2.75, 3.05) is 32.0 Å². The molecule has 5 rings (SSSR count). The SMILES string of the molecule is CN1C(=O)c2ccc(NC3CN4CCC3CC4)cc2C1=O. The van der Waals surface area contributed by atoms with Crippen molar-refractivity contribution in [1.29, 1.82) is 0 Å². The van der Waals surface area contributed by atoms with Gasteiger partial charge in [-0.1, -0.05) is 0 Å². The van der Waals surface area contributed by atoms with E-state index < -0.39 is 0 Å². The second kappa shape index (κ2) is 4.56. The molecule has 0 aliphatic carbocycles. The van der Waals surface area contributed by atoms with E-state index in [-0.39, 0.29) is 11.8 Å². The Morgan fingerprint density at radius 1 is 1.10 bits per heavy atom. The summed E-state index contributed by atoms with van der Waals surface area (Å²) in [6.07, 6.45) is 2.51. The van der Waals surface area contributed by atoms with Gasteiger partial charge in [0.15, 0.2) is 0 Å². The Kier molecular flexibility index (Phi) is 2.79. The van der Waals surface area contributed by atoms with E-state index in [4.69, 9.17) is 0 Å². The van der Waals surface area contributed by atoms with Crippen molar-refractivity contribution < 1.29 is 9.59 Å². The smallest absolute Gasteiger partial charge is 0.261 e. The molecule has 4 aliphatic rings. The Balaban J connectivity index is 1.58. The third kappa shape index (κ3) is 1.95. The zero-order valence-electron chi connectivity index (χ0n) is 12.1. The number of carbonyl (C=O) groups excluding carboxylic acids is 2. The quantitative estimate of drug-likeness (QED) is 0.835. The minimum Gasteiger partial charge on any atom is -0.381 e. The van der Waals surface area contributed by atoms with Crippen molar-refractivity contribution in [1.82, 2.24) is 9.80 Å². The Morgan fingerprint density at radius 3 is 2.48 bits per heavy atom. The highest BCUT2D eigenvalue weighted by Gasteiger charge is 2.35. The van der Waals surface area contributed by atoms with Crippen LogP contribution in [0.4, 0.5) is 5.69 Å². The third-order valence-electron chi connectivity index (χ3n) is 5.10. The van der Waals surface area contributed by atoms with Gasteiger partial charge in [0.25, 0.3) is 11.8 Å². The van der Waals surface area contributed by atoms with Crippen molar-refractivity contribution in [3.05, 3.63) is 29.3 Å². The van der Waals surface area contributed by atoms with Crippen molar-refractivity contribution in [2.45, 2.75) is 18.9 Å². The molecule has 0 radical (unpaired) electrons. The lowest BCUT2D eigenvalue weighted by atomic mass is 9.84. The van der Waals surface area contributed by atoms with Crippen molar-refractivity contribution in [3.63, 3.8) is 0 Å². The van der Waals surface area contributed by atoms with Gasteiger partial charge in [0.2, 0.25) is 0 Å². The zero-order chi connectivity index (χ0) is 14.6. The van der Waals surface area contributed by atoms with Crippen LogP contribution >= 0.6 is 0 Å². The van der Waals surface area contributed by atoms with Crippen LogP contribution in [0.2, 0.25) is 0 Å². The fraction of sp³-hybridized carbons (Fsp3) is 0.500. The van der Waals surface area contributed by atoms with Crippen LogP contribution in [-0.4, -0.2) is 54.3 Å². The van der Waals surface area contributed by atoms with Crippen LogP contribution in [0.25, 0.3) is 0 Å². The monoisotopic (exact) mass is 285 g/mol. The molecule has 110 valence electrons. The van der Waals surface area contributed by atoms with Crippen LogP contribution in [-0.2, 0) is 0 Å². The maximum Gasteiger partial charge on any atom is 0.261 e. The fourth-order valence-corrected chi connectivity index (χ4v) is 3.79. The number of fused-ring (bicyclic) bond motifs is 4. The minimum absolute atomic E-state index is 0.201. The van der Waals surface area contributed by atoms with E-state index in [0.29, 0.717) is 17.2 Å². The van der Waals surface area contributed by atoms with Crippen LogP contribution in [0.1, 0.15) is 33.6 Å². The largest absolute Gasteiger partial charge is 0.381 e. The van der Waals surface area contributed by atoms with Crippen molar-refractivity contribution in [2.24, 2.45) is 5.92 Å². The molecular weight excluding hydrogens is 266 g/mol. The summed E-state index contributed by atoms with van der Waals surface area (Å²) in [5.74, 6) is 0.320. The number of piperidine rings is 3. The molecule has 1 unspecified atom stereocenters. The number of hydrogen-bond acceptors (Lipinski definition) is 4. The maximum atomic E-state index is 12.0. The first kappa shape index (κ1) is 12.8. The highest BCUT2D eigenvalue weighted by Crippen LogP contribution is 2.31. The lowest BCUT2D eigenvalue weighted by Gasteiger charge is -2.45. The first-order valence-corrected chi connectivity index (χ1v) is 7.59. The van der Waals surface area contributed by atoms with Gasteiger partial charge < -0.3 is 10.2 Å². The van der Waals surface area contributed by atoms with Gasteiger partial charge in [-0.3, -0.25) is 14.5 Å². The molecule has 5 nitrogen and oxygen atoms in total. The minimum atomic E-state index is -0.204.